The third-order valence-electron chi connectivity index (χ3n) is 2.90. The summed E-state index contributed by atoms with van der Waals surface area (Å²) in [7, 11) is 0. The normalized spacial score (nSPS) is 21.2. The van der Waals surface area contributed by atoms with E-state index < -0.39 is 17.8 Å². The highest BCUT2D eigenvalue weighted by molar-refractivity contribution is 5.67. The fourth-order valence-corrected chi connectivity index (χ4v) is 2.04. The topological polar surface area (TPSA) is 20.2 Å². The van der Waals surface area contributed by atoms with Crippen molar-refractivity contribution in [3.8, 4) is 0 Å². The summed E-state index contributed by atoms with van der Waals surface area (Å²) in [5.41, 5.74) is 0.712. The molecule has 4 heteroatoms. The molecule has 1 aromatic carbocycles. The van der Waals surface area contributed by atoms with Crippen LogP contribution in [0.3, 0.4) is 0 Å². The van der Waals surface area contributed by atoms with Gasteiger partial charge in [-0.05, 0) is 42.5 Å². The van der Waals surface area contributed by atoms with Gasteiger partial charge in [-0.3, -0.25) is 0 Å². The summed E-state index contributed by atoms with van der Waals surface area (Å²) in [6.45, 7) is 0. The third-order valence-corrected chi connectivity index (χ3v) is 2.90. The second kappa shape index (κ2) is 4.53. The van der Waals surface area contributed by atoms with Crippen molar-refractivity contribution in [3.63, 3.8) is 0 Å². The van der Waals surface area contributed by atoms with Crippen LogP contribution in [0.15, 0.2) is 30.3 Å². The van der Waals surface area contributed by atoms with Crippen molar-refractivity contribution in [2.75, 3.05) is 0 Å². The van der Waals surface area contributed by atoms with Crippen molar-refractivity contribution in [2.45, 2.75) is 31.5 Å². The third kappa shape index (κ3) is 2.88. The van der Waals surface area contributed by atoms with Crippen LogP contribution in [0, 0.1) is 0 Å². The van der Waals surface area contributed by atoms with Crippen molar-refractivity contribution in [2.24, 2.45) is 0 Å². The number of rotatable bonds is 1. The fourth-order valence-electron chi connectivity index (χ4n) is 2.04. The number of aliphatic hydroxyl groups is 1. The Morgan fingerprint density at radius 1 is 1.24 bits per heavy atom. The Kier molecular flexibility index (Phi) is 3.24. The van der Waals surface area contributed by atoms with Gasteiger partial charge in [0.15, 0.2) is 0 Å². The molecular formula is C13H13F3O. The number of hydrogen-bond acceptors (Lipinski definition) is 1. The van der Waals surface area contributed by atoms with E-state index in [1.807, 2.05) is 0 Å². The maximum atomic E-state index is 12.5. The van der Waals surface area contributed by atoms with Gasteiger partial charge in [-0.25, -0.2) is 0 Å². The van der Waals surface area contributed by atoms with Crippen molar-refractivity contribution in [3.05, 3.63) is 41.5 Å². The molecule has 0 aromatic heterocycles. The summed E-state index contributed by atoms with van der Waals surface area (Å²) < 4.78 is 37.6. The first-order valence-corrected chi connectivity index (χ1v) is 5.53. The highest BCUT2D eigenvalue weighted by atomic mass is 19.4. The number of alkyl halides is 3. The van der Waals surface area contributed by atoms with Crippen molar-refractivity contribution >= 4 is 5.57 Å². The summed E-state index contributed by atoms with van der Waals surface area (Å²) in [6.07, 6.45) is -0.985. The molecular weight excluding hydrogens is 229 g/mol. The van der Waals surface area contributed by atoms with Gasteiger partial charge in [0.1, 0.15) is 0 Å². The first kappa shape index (κ1) is 12.2. The molecule has 0 bridgehead atoms. The van der Waals surface area contributed by atoms with Crippen LogP contribution in [0.2, 0.25) is 0 Å². The number of aliphatic hydroxyl groups excluding tert-OH is 1. The van der Waals surface area contributed by atoms with Crippen LogP contribution >= 0.6 is 0 Å². The zero-order chi connectivity index (χ0) is 12.5. The number of benzene rings is 1. The van der Waals surface area contributed by atoms with Gasteiger partial charge in [-0.2, -0.15) is 13.2 Å². The highest BCUT2D eigenvalue weighted by Gasteiger charge is 2.30. The number of hydrogen-bond donors (Lipinski definition) is 1. The summed E-state index contributed by atoms with van der Waals surface area (Å²) in [5.74, 6) is 0. The maximum Gasteiger partial charge on any atom is 0.416 e. The quantitative estimate of drug-likeness (QED) is 0.797. The average Bonchev–Trinajstić information content (AvgIpc) is 2.28. The lowest BCUT2D eigenvalue weighted by atomic mass is 9.91. The standard InChI is InChI=1S/C13H13F3O/c14-13(15,16)11-5-1-3-9(7-11)10-4-2-6-12(17)8-10/h1,3,5,7-8,12,17H,2,4,6H2. The molecule has 0 aliphatic heterocycles. The molecule has 1 aromatic rings. The van der Waals surface area contributed by atoms with Gasteiger partial charge in [-0.1, -0.05) is 18.2 Å². The molecule has 0 amide bonds. The maximum absolute atomic E-state index is 12.5. The minimum atomic E-state index is -4.32. The van der Waals surface area contributed by atoms with Crippen molar-refractivity contribution in [1.29, 1.82) is 0 Å². The van der Waals surface area contributed by atoms with Crippen molar-refractivity contribution < 1.29 is 18.3 Å². The van der Waals surface area contributed by atoms with Gasteiger partial charge in [0.2, 0.25) is 0 Å². The molecule has 1 aliphatic carbocycles. The Morgan fingerprint density at radius 3 is 2.65 bits per heavy atom. The van der Waals surface area contributed by atoms with E-state index in [9.17, 15) is 18.3 Å². The van der Waals surface area contributed by atoms with Crippen molar-refractivity contribution in [1.82, 2.24) is 0 Å². The molecule has 2 rings (SSSR count). The van der Waals surface area contributed by atoms with E-state index in [1.165, 1.54) is 6.07 Å². The van der Waals surface area contributed by atoms with Crippen LogP contribution in [0.5, 0.6) is 0 Å². The van der Waals surface area contributed by atoms with Gasteiger partial charge in [-0.15, -0.1) is 0 Å². The molecule has 92 valence electrons. The molecule has 0 heterocycles. The van der Waals surface area contributed by atoms with Gasteiger partial charge in [0.25, 0.3) is 0 Å². The SMILES string of the molecule is OC1C=C(c2cccc(C(F)(F)F)c2)CCC1. The Labute approximate surface area is 97.6 Å². The molecule has 0 fully saturated rings. The van der Waals surface area contributed by atoms with Crippen LogP contribution in [0.1, 0.15) is 30.4 Å². The van der Waals surface area contributed by atoms with Gasteiger partial charge in [0.05, 0.1) is 11.7 Å². The number of allylic oxidation sites excluding steroid dienone is 1. The monoisotopic (exact) mass is 242 g/mol. The molecule has 1 unspecified atom stereocenters. The van der Waals surface area contributed by atoms with Gasteiger partial charge >= 0.3 is 6.18 Å². The summed E-state index contributed by atoms with van der Waals surface area (Å²) in [5, 5.41) is 9.47. The van der Waals surface area contributed by atoms with Crippen LogP contribution in [0.25, 0.3) is 5.57 Å². The first-order chi connectivity index (χ1) is 7.97. The Morgan fingerprint density at radius 2 is 2.00 bits per heavy atom. The minimum Gasteiger partial charge on any atom is -0.389 e. The Balaban J connectivity index is 2.34. The molecule has 1 N–H and O–H groups in total. The first-order valence-electron chi connectivity index (χ1n) is 5.53. The highest BCUT2D eigenvalue weighted by Crippen LogP contribution is 2.33. The second-order valence-electron chi connectivity index (χ2n) is 4.23. The lowest BCUT2D eigenvalue weighted by Crippen LogP contribution is -2.09. The molecule has 17 heavy (non-hydrogen) atoms. The van der Waals surface area contributed by atoms with Gasteiger partial charge in [0, 0.05) is 0 Å². The van der Waals surface area contributed by atoms with E-state index in [0.717, 1.165) is 30.5 Å². The molecule has 0 saturated heterocycles. The van der Waals surface area contributed by atoms with E-state index in [0.29, 0.717) is 12.0 Å². The van der Waals surface area contributed by atoms with E-state index in [1.54, 1.807) is 12.1 Å². The molecule has 1 nitrogen and oxygen atoms in total. The van der Waals surface area contributed by atoms with Crippen LogP contribution in [-0.4, -0.2) is 11.2 Å². The lowest BCUT2D eigenvalue weighted by molar-refractivity contribution is -0.137. The Hall–Kier alpha value is -1.29. The average molecular weight is 242 g/mol. The van der Waals surface area contributed by atoms with Crippen LogP contribution in [0.4, 0.5) is 13.2 Å². The zero-order valence-corrected chi connectivity index (χ0v) is 9.17. The number of halogens is 3. The van der Waals surface area contributed by atoms with Gasteiger partial charge < -0.3 is 5.11 Å². The molecule has 0 saturated carbocycles. The second-order valence-corrected chi connectivity index (χ2v) is 4.23. The van der Waals surface area contributed by atoms with E-state index >= 15 is 0 Å². The Bertz CT molecular complexity index is 435. The lowest BCUT2D eigenvalue weighted by Gasteiger charge is -2.18. The van der Waals surface area contributed by atoms with E-state index in [-0.39, 0.29) is 0 Å². The summed E-state index contributed by atoms with van der Waals surface area (Å²) in [6, 6.07) is 5.26. The summed E-state index contributed by atoms with van der Waals surface area (Å²) in [4.78, 5) is 0. The fraction of sp³-hybridized carbons (Fsp3) is 0.385. The minimum absolute atomic E-state index is 0.534. The molecule has 0 spiro atoms. The van der Waals surface area contributed by atoms with Crippen LogP contribution < -0.4 is 0 Å². The molecule has 1 aliphatic rings. The molecule has 0 radical (unpaired) electrons. The van der Waals surface area contributed by atoms with E-state index in [2.05, 4.69) is 0 Å². The van der Waals surface area contributed by atoms with Crippen LogP contribution in [-0.2, 0) is 6.18 Å². The van der Waals surface area contributed by atoms with E-state index in [4.69, 9.17) is 0 Å². The predicted molar refractivity (Wildman–Crippen MR) is 59.3 cm³/mol. The predicted octanol–water partition coefficient (Wildman–Crippen LogP) is 3.63. The smallest absolute Gasteiger partial charge is 0.389 e. The largest absolute Gasteiger partial charge is 0.416 e. The zero-order valence-electron chi connectivity index (χ0n) is 9.17. The summed E-state index contributed by atoms with van der Waals surface area (Å²) >= 11 is 0. The molecule has 1 atom stereocenters.